The van der Waals surface area contributed by atoms with Crippen molar-refractivity contribution in [3.8, 4) is 0 Å². The van der Waals surface area contributed by atoms with Gasteiger partial charge in [-0.05, 0) is 35.9 Å². The zero-order chi connectivity index (χ0) is 17.2. The Bertz CT molecular complexity index is 674. The SMILES string of the molecule is Fc1ccc(N2CCN(Cc3cccc(C(F)(F)F)c3)CC2)cc1. The van der Waals surface area contributed by atoms with Gasteiger partial charge in [0, 0.05) is 38.4 Å². The third-order valence-corrected chi connectivity index (χ3v) is 4.22. The second-order valence-electron chi connectivity index (χ2n) is 5.94. The number of halogens is 4. The molecule has 0 aromatic heterocycles. The van der Waals surface area contributed by atoms with Crippen LogP contribution in [0.4, 0.5) is 23.2 Å². The second-order valence-corrected chi connectivity index (χ2v) is 5.94. The van der Waals surface area contributed by atoms with Gasteiger partial charge in [0.2, 0.25) is 0 Å². The van der Waals surface area contributed by atoms with E-state index in [-0.39, 0.29) is 5.82 Å². The summed E-state index contributed by atoms with van der Waals surface area (Å²) in [5.74, 6) is -0.262. The molecular formula is C18H18F4N2. The van der Waals surface area contributed by atoms with E-state index in [4.69, 9.17) is 0 Å². The van der Waals surface area contributed by atoms with Crippen molar-refractivity contribution in [2.24, 2.45) is 0 Å². The van der Waals surface area contributed by atoms with Gasteiger partial charge in [-0.1, -0.05) is 18.2 Å². The lowest BCUT2D eigenvalue weighted by Gasteiger charge is -2.36. The van der Waals surface area contributed by atoms with Crippen LogP contribution >= 0.6 is 0 Å². The number of piperazine rings is 1. The summed E-state index contributed by atoms with van der Waals surface area (Å²) >= 11 is 0. The first-order valence-corrected chi connectivity index (χ1v) is 7.81. The Hall–Kier alpha value is -2.08. The molecule has 1 aliphatic rings. The predicted octanol–water partition coefficient (Wildman–Crippen LogP) is 4.17. The Morgan fingerprint density at radius 2 is 1.54 bits per heavy atom. The summed E-state index contributed by atoms with van der Waals surface area (Å²) in [6, 6.07) is 11.8. The Labute approximate surface area is 138 Å². The highest BCUT2D eigenvalue weighted by Gasteiger charge is 2.30. The van der Waals surface area contributed by atoms with Crippen LogP contribution in [-0.2, 0) is 12.7 Å². The lowest BCUT2D eigenvalue weighted by Crippen LogP contribution is -2.45. The van der Waals surface area contributed by atoms with Gasteiger partial charge in [0.05, 0.1) is 5.56 Å². The summed E-state index contributed by atoms with van der Waals surface area (Å²) in [5.41, 5.74) is 1.03. The van der Waals surface area contributed by atoms with Gasteiger partial charge in [0.25, 0.3) is 0 Å². The molecule has 6 heteroatoms. The molecule has 0 aliphatic carbocycles. The first-order valence-electron chi connectivity index (χ1n) is 7.81. The Morgan fingerprint density at radius 1 is 0.875 bits per heavy atom. The van der Waals surface area contributed by atoms with Crippen LogP contribution in [0.1, 0.15) is 11.1 Å². The fraction of sp³-hybridized carbons (Fsp3) is 0.333. The molecule has 24 heavy (non-hydrogen) atoms. The lowest BCUT2D eigenvalue weighted by molar-refractivity contribution is -0.137. The van der Waals surface area contributed by atoms with E-state index in [0.29, 0.717) is 12.1 Å². The third kappa shape index (κ3) is 4.06. The van der Waals surface area contributed by atoms with Crippen LogP contribution in [0.25, 0.3) is 0 Å². The van der Waals surface area contributed by atoms with Crippen LogP contribution in [0.2, 0.25) is 0 Å². The van der Waals surface area contributed by atoms with Crippen molar-refractivity contribution in [2.45, 2.75) is 12.7 Å². The van der Waals surface area contributed by atoms with E-state index in [1.165, 1.54) is 24.3 Å². The van der Waals surface area contributed by atoms with Gasteiger partial charge in [-0.3, -0.25) is 4.90 Å². The summed E-state index contributed by atoms with van der Waals surface area (Å²) in [6.45, 7) is 3.55. The van der Waals surface area contributed by atoms with E-state index in [0.717, 1.165) is 37.9 Å². The molecule has 2 aromatic rings. The number of hydrogen-bond acceptors (Lipinski definition) is 2. The summed E-state index contributed by atoms with van der Waals surface area (Å²) in [5, 5.41) is 0. The van der Waals surface area contributed by atoms with Crippen LogP contribution in [0.3, 0.4) is 0 Å². The molecule has 2 aromatic carbocycles. The van der Waals surface area contributed by atoms with Crippen LogP contribution in [0.5, 0.6) is 0 Å². The van der Waals surface area contributed by atoms with Gasteiger partial charge in [-0.25, -0.2) is 4.39 Å². The number of nitrogens with zero attached hydrogens (tertiary/aromatic N) is 2. The van der Waals surface area contributed by atoms with Gasteiger partial charge >= 0.3 is 6.18 Å². The van der Waals surface area contributed by atoms with E-state index < -0.39 is 11.7 Å². The highest BCUT2D eigenvalue weighted by atomic mass is 19.4. The summed E-state index contributed by atoms with van der Waals surface area (Å²) < 4.78 is 51.3. The molecule has 0 atom stereocenters. The van der Waals surface area contributed by atoms with Crippen LogP contribution in [-0.4, -0.2) is 31.1 Å². The average Bonchev–Trinajstić information content (AvgIpc) is 2.56. The molecule has 0 spiro atoms. The monoisotopic (exact) mass is 338 g/mol. The highest BCUT2D eigenvalue weighted by molar-refractivity contribution is 5.46. The molecule has 2 nitrogen and oxygen atoms in total. The molecule has 0 saturated carbocycles. The predicted molar refractivity (Wildman–Crippen MR) is 85.3 cm³/mol. The van der Waals surface area contributed by atoms with Gasteiger partial charge in [-0.2, -0.15) is 13.2 Å². The van der Waals surface area contributed by atoms with Gasteiger partial charge in [0.1, 0.15) is 5.82 Å². The standard InChI is InChI=1S/C18H18F4N2/c19-16-4-6-17(7-5-16)24-10-8-23(9-11-24)13-14-2-1-3-15(12-14)18(20,21)22/h1-7,12H,8-11,13H2. The van der Waals surface area contributed by atoms with Crippen molar-refractivity contribution >= 4 is 5.69 Å². The summed E-state index contributed by atoms with van der Waals surface area (Å²) in [7, 11) is 0. The van der Waals surface area contributed by atoms with Crippen LogP contribution in [0.15, 0.2) is 48.5 Å². The number of hydrogen-bond donors (Lipinski definition) is 0. The maximum Gasteiger partial charge on any atom is 0.416 e. The minimum atomic E-state index is -4.31. The van der Waals surface area contributed by atoms with E-state index >= 15 is 0 Å². The smallest absolute Gasteiger partial charge is 0.369 e. The Kier molecular flexibility index (Phi) is 4.76. The van der Waals surface area contributed by atoms with Crippen LogP contribution < -0.4 is 4.90 Å². The fourth-order valence-electron chi connectivity index (χ4n) is 2.92. The van der Waals surface area contributed by atoms with Crippen molar-refractivity contribution in [2.75, 3.05) is 31.1 Å². The van der Waals surface area contributed by atoms with E-state index in [2.05, 4.69) is 9.80 Å². The molecule has 1 aliphatic heterocycles. The fourth-order valence-corrected chi connectivity index (χ4v) is 2.92. The van der Waals surface area contributed by atoms with Crippen molar-refractivity contribution in [3.05, 3.63) is 65.5 Å². The van der Waals surface area contributed by atoms with E-state index in [1.807, 2.05) is 0 Å². The van der Waals surface area contributed by atoms with Crippen LogP contribution in [0, 0.1) is 5.82 Å². The first kappa shape index (κ1) is 16.8. The molecule has 0 bridgehead atoms. The summed E-state index contributed by atoms with van der Waals surface area (Å²) in [6.07, 6.45) is -4.31. The summed E-state index contributed by atoms with van der Waals surface area (Å²) in [4.78, 5) is 4.29. The molecule has 0 radical (unpaired) electrons. The van der Waals surface area contributed by atoms with Gasteiger partial charge < -0.3 is 4.90 Å². The van der Waals surface area contributed by atoms with E-state index in [1.54, 1.807) is 18.2 Å². The topological polar surface area (TPSA) is 6.48 Å². The third-order valence-electron chi connectivity index (χ3n) is 4.22. The van der Waals surface area contributed by atoms with Gasteiger partial charge in [0.15, 0.2) is 0 Å². The zero-order valence-electron chi connectivity index (χ0n) is 13.1. The lowest BCUT2D eigenvalue weighted by atomic mass is 10.1. The van der Waals surface area contributed by atoms with Gasteiger partial charge in [-0.15, -0.1) is 0 Å². The average molecular weight is 338 g/mol. The molecule has 0 unspecified atom stereocenters. The zero-order valence-corrected chi connectivity index (χ0v) is 13.1. The number of alkyl halides is 3. The van der Waals surface area contributed by atoms with Crippen molar-refractivity contribution in [1.82, 2.24) is 4.90 Å². The normalized spacial score (nSPS) is 16.4. The number of benzene rings is 2. The Balaban J connectivity index is 1.58. The number of anilines is 1. The number of rotatable bonds is 3. The molecular weight excluding hydrogens is 320 g/mol. The highest BCUT2D eigenvalue weighted by Crippen LogP contribution is 2.29. The molecule has 3 rings (SSSR count). The second kappa shape index (κ2) is 6.81. The van der Waals surface area contributed by atoms with Crippen molar-refractivity contribution in [3.63, 3.8) is 0 Å². The largest absolute Gasteiger partial charge is 0.416 e. The van der Waals surface area contributed by atoms with E-state index in [9.17, 15) is 17.6 Å². The molecule has 0 amide bonds. The maximum absolute atomic E-state index is 13.0. The minimum Gasteiger partial charge on any atom is -0.369 e. The molecule has 0 N–H and O–H groups in total. The molecule has 1 fully saturated rings. The van der Waals surface area contributed by atoms with Crippen molar-refractivity contribution < 1.29 is 17.6 Å². The molecule has 1 heterocycles. The minimum absolute atomic E-state index is 0.262. The Morgan fingerprint density at radius 3 is 2.17 bits per heavy atom. The maximum atomic E-state index is 13.0. The molecule has 128 valence electrons. The molecule has 1 saturated heterocycles. The quantitative estimate of drug-likeness (QED) is 0.775. The van der Waals surface area contributed by atoms with Crippen molar-refractivity contribution in [1.29, 1.82) is 0 Å². The first-order chi connectivity index (χ1) is 11.4.